The molecule has 1 aliphatic heterocycles. The highest BCUT2D eigenvalue weighted by Crippen LogP contribution is 2.34. The minimum atomic E-state index is -0.546. The number of fused-ring (bicyclic) bond motifs is 1. The molecule has 6 nitrogen and oxygen atoms in total. The molecule has 1 N–H and O–H groups in total. The summed E-state index contributed by atoms with van der Waals surface area (Å²) in [5, 5.41) is 2.85. The third-order valence-corrected chi connectivity index (χ3v) is 5.53. The number of nitrogens with zero attached hydrogens (tertiary/aromatic N) is 1. The monoisotopic (exact) mass is 434 g/mol. The van der Waals surface area contributed by atoms with E-state index in [1.54, 1.807) is 41.3 Å². The molecule has 0 spiro atoms. The van der Waals surface area contributed by atoms with Gasteiger partial charge in [0.2, 0.25) is 5.91 Å². The highest BCUT2D eigenvalue weighted by Gasteiger charge is 2.34. The van der Waals surface area contributed by atoms with Gasteiger partial charge in [-0.05, 0) is 41.5 Å². The summed E-state index contributed by atoms with van der Waals surface area (Å²) in [5.41, 5.74) is 2.77. The molecule has 3 aromatic rings. The summed E-state index contributed by atoms with van der Waals surface area (Å²) in [6.07, 6.45) is 0.0136. The van der Waals surface area contributed by atoms with Crippen molar-refractivity contribution in [2.75, 3.05) is 19.5 Å². The minimum Gasteiger partial charge on any atom is -0.493 e. The van der Waals surface area contributed by atoms with Crippen molar-refractivity contribution in [3.8, 4) is 11.5 Å². The normalized spacial score (nSPS) is 13.5. The van der Waals surface area contributed by atoms with E-state index < -0.39 is 6.04 Å². The third-order valence-electron chi connectivity index (χ3n) is 5.53. The van der Waals surface area contributed by atoms with Crippen LogP contribution >= 0.6 is 0 Å². The molecular formula is C25H23FN2O4. The van der Waals surface area contributed by atoms with Crippen molar-refractivity contribution < 1.29 is 23.5 Å². The van der Waals surface area contributed by atoms with Gasteiger partial charge < -0.3 is 19.7 Å². The molecule has 1 heterocycles. The zero-order valence-electron chi connectivity index (χ0n) is 17.8. The molecule has 32 heavy (non-hydrogen) atoms. The maximum Gasteiger partial charge on any atom is 0.255 e. The lowest BCUT2D eigenvalue weighted by Crippen LogP contribution is -2.32. The van der Waals surface area contributed by atoms with Gasteiger partial charge in [0, 0.05) is 23.9 Å². The molecule has 4 rings (SSSR count). The van der Waals surface area contributed by atoms with E-state index in [4.69, 9.17) is 9.47 Å². The topological polar surface area (TPSA) is 67.9 Å². The Balaban J connectivity index is 1.58. The second-order valence-corrected chi connectivity index (χ2v) is 7.48. The van der Waals surface area contributed by atoms with E-state index in [0.29, 0.717) is 34.9 Å². The smallest absolute Gasteiger partial charge is 0.255 e. The molecule has 0 saturated heterocycles. The Hall–Kier alpha value is -3.87. The summed E-state index contributed by atoms with van der Waals surface area (Å²) >= 11 is 0. The molecule has 1 aliphatic rings. The van der Waals surface area contributed by atoms with Gasteiger partial charge in [0.25, 0.3) is 5.91 Å². The van der Waals surface area contributed by atoms with Gasteiger partial charge in [-0.2, -0.15) is 0 Å². The summed E-state index contributed by atoms with van der Waals surface area (Å²) in [7, 11) is 3.05. The first kappa shape index (κ1) is 21.4. The van der Waals surface area contributed by atoms with Crippen molar-refractivity contribution in [2.24, 2.45) is 0 Å². The molecule has 0 fully saturated rings. The summed E-state index contributed by atoms with van der Waals surface area (Å²) in [4.78, 5) is 27.7. The Labute approximate surface area is 185 Å². The molecule has 7 heteroatoms. The predicted octanol–water partition coefficient (Wildman–Crippen LogP) is 4.57. The number of carbonyl (C=O) groups excluding carboxylic acids is 2. The lowest BCUT2D eigenvalue weighted by Gasteiger charge is -2.28. The SMILES string of the molecule is COc1ccc(NC(=O)C[C@H](c2ccc(F)cc2)N2Cc3ccccc3C2=O)cc1OC. The molecule has 2 amide bonds. The molecule has 0 saturated carbocycles. The van der Waals surface area contributed by atoms with Crippen LogP contribution < -0.4 is 14.8 Å². The standard InChI is InChI=1S/C25H23FN2O4/c1-31-22-12-11-19(13-23(22)32-2)27-24(29)14-21(16-7-9-18(26)10-8-16)28-15-17-5-3-4-6-20(17)25(28)30/h3-13,21H,14-15H2,1-2H3,(H,27,29)/t21-/m1/s1. The van der Waals surface area contributed by atoms with Gasteiger partial charge >= 0.3 is 0 Å². The zero-order chi connectivity index (χ0) is 22.7. The predicted molar refractivity (Wildman–Crippen MR) is 118 cm³/mol. The van der Waals surface area contributed by atoms with Crippen LogP contribution in [0.5, 0.6) is 11.5 Å². The number of halogens is 1. The minimum absolute atomic E-state index is 0.0136. The van der Waals surface area contributed by atoms with E-state index in [-0.39, 0.29) is 24.1 Å². The van der Waals surface area contributed by atoms with E-state index in [1.165, 1.54) is 26.4 Å². The number of carbonyl (C=O) groups is 2. The first-order chi connectivity index (χ1) is 15.5. The number of anilines is 1. The lowest BCUT2D eigenvalue weighted by atomic mass is 10.0. The van der Waals surface area contributed by atoms with Crippen molar-refractivity contribution in [3.05, 3.63) is 89.2 Å². The Morgan fingerprint density at radius 3 is 2.44 bits per heavy atom. The number of amides is 2. The Bertz CT molecular complexity index is 1150. The fraction of sp³-hybridized carbons (Fsp3) is 0.200. The van der Waals surface area contributed by atoms with Crippen LogP contribution in [0.4, 0.5) is 10.1 Å². The lowest BCUT2D eigenvalue weighted by molar-refractivity contribution is -0.117. The summed E-state index contributed by atoms with van der Waals surface area (Å²) in [6, 6.07) is 17.8. The van der Waals surface area contributed by atoms with Crippen LogP contribution in [0.25, 0.3) is 0 Å². The molecule has 3 aromatic carbocycles. The highest BCUT2D eigenvalue weighted by atomic mass is 19.1. The van der Waals surface area contributed by atoms with E-state index in [0.717, 1.165) is 5.56 Å². The largest absolute Gasteiger partial charge is 0.493 e. The van der Waals surface area contributed by atoms with Crippen molar-refractivity contribution in [2.45, 2.75) is 19.0 Å². The Morgan fingerprint density at radius 2 is 1.75 bits per heavy atom. The van der Waals surface area contributed by atoms with Crippen molar-refractivity contribution >= 4 is 17.5 Å². The van der Waals surface area contributed by atoms with Gasteiger partial charge in [-0.15, -0.1) is 0 Å². The molecular weight excluding hydrogens is 411 g/mol. The maximum absolute atomic E-state index is 13.5. The molecule has 164 valence electrons. The van der Waals surface area contributed by atoms with Gasteiger partial charge in [0.15, 0.2) is 11.5 Å². The van der Waals surface area contributed by atoms with E-state index in [2.05, 4.69) is 5.32 Å². The van der Waals surface area contributed by atoms with Crippen LogP contribution in [0.15, 0.2) is 66.7 Å². The van der Waals surface area contributed by atoms with Crippen LogP contribution in [-0.2, 0) is 11.3 Å². The van der Waals surface area contributed by atoms with Crippen LogP contribution in [-0.4, -0.2) is 30.9 Å². The van der Waals surface area contributed by atoms with Crippen LogP contribution in [0, 0.1) is 5.82 Å². The van der Waals surface area contributed by atoms with E-state index in [1.807, 2.05) is 18.2 Å². The molecule has 0 radical (unpaired) electrons. The number of nitrogens with one attached hydrogen (secondary N) is 1. The first-order valence-electron chi connectivity index (χ1n) is 10.2. The summed E-state index contributed by atoms with van der Waals surface area (Å²) < 4.78 is 24.0. The highest BCUT2D eigenvalue weighted by molar-refractivity contribution is 5.99. The van der Waals surface area contributed by atoms with Crippen LogP contribution in [0.3, 0.4) is 0 Å². The molecule has 0 aliphatic carbocycles. The number of ether oxygens (including phenoxy) is 2. The number of methoxy groups -OCH3 is 2. The third kappa shape index (κ3) is 4.27. The van der Waals surface area contributed by atoms with Gasteiger partial charge in [-0.3, -0.25) is 9.59 Å². The van der Waals surface area contributed by atoms with Crippen LogP contribution in [0.2, 0.25) is 0 Å². The van der Waals surface area contributed by atoms with E-state index >= 15 is 0 Å². The number of hydrogen-bond acceptors (Lipinski definition) is 4. The molecule has 0 bridgehead atoms. The van der Waals surface area contributed by atoms with Crippen molar-refractivity contribution in [1.29, 1.82) is 0 Å². The summed E-state index contributed by atoms with van der Waals surface area (Å²) in [6.45, 7) is 0.390. The van der Waals surface area contributed by atoms with Crippen LogP contribution in [0.1, 0.15) is 33.9 Å². The summed E-state index contributed by atoms with van der Waals surface area (Å²) in [5.74, 6) is 0.239. The number of benzene rings is 3. The average molecular weight is 434 g/mol. The molecule has 1 atom stereocenters. The Morgan fingerprint density at radius 1 is 1.03 bits per heavy atom. The fourth-order valence-electron chi connectivity index (χ4n) is 3.92. The van der Waals surface area contributed by atoms with Gasteiger partial charge in [0.1, 0.15) is 5.82 Å². The second-order valence-electron chi connectivity index (χ2n) is 7.48. The van der Waals surface area contributed by atoms with E-state index in [9.17, 15) is 14.0 Å². The number of hydrogen-bond donors (Lipinski definition) is 1. The quantitative estimate of drug-likeness (QED) is 0.592. The fourth-order valence-corrected chi connectivity index (χ4v) is 3.92. The molecule has 0 aromatic heterocycles. The van der Waals surface area contributed by atoms with Gasteiger partial charge in [0.05, 0.1) is 26.7 Å². The van der Waals surface area contributed by atoms with Crippen molar-refractivity contribution in [3.63, 3.8) is 0 Å². The zero-order valence-corrected chi connectivity index (χ0v) is 17.8. The van der Waals surface area contributed by atoms with Gasteiger partial charge in [-0.25, -0.2) is 4.39 Å². The maximum atomic E-state index is 13.5. The second kappa shape index (κ2) is 9.09. The average Bonchev–Trinajstić information content (AvgIpc) is 3.14. The first-order valence-corrected chi connectivity index (χ1v) is 10.2. The van der Waals surface area contributed by atoms with Crippen molar-refractivity contribution in [1.82, 2.24) is 4.90 Å². The number of rotatable bonds is 7. The molecule has 0 unspecified atom stereocenters. The van der Waals surface area contributed by atoms with Gasteiger partial charge in [-0.1, -0.05) is 30.3 Å². The Kier molecular flexibility index (Phi) is 6.07.